The molecule has 3 N–H and O–H groups in total. The molecule has 0 aliphatic carbocycles. The number of carboxylic acid groups (broad SMARTS) is 1. The van der Waals surface area contributed by atoms with Crippen LogP contribution in [0.25, 0.3) is 11.1 Å². The SMILES string of the molecule is O=C(O)c1ccc2oc(=O)n(CC(O)CO)c2c1. The second kappa shape index (κ2) is 4.63. The molecule has 2 aromatic rings. The van der Waals surface area contributed by atoms with Crippen LogP contribution in [0.2, 0.25) is 0 Å². The van der Waals surface area contributed by atoms with Crippen LogP contribution in [0.1, 0.15) is 10.4 Å². The van der Waals surface area contributed by atoms with Crippen LogP contribution in [0.4, 0.5) is 0 Å². The maximum absolute atomic E-state index is 11.5. The van der Waals surface area contributed by atoms with Gasteiger partial charge in [0.2, 0.25) is 0 Å². The summed E-state index contributed by atoms with van der Waals surface area (Å²) in [6.07, 6.45) is -1.11. The molecule has 18 heavy (non-hydrogen) atoms. The third-order valence-electron chi connectivity index (χ3n) is 2.52. The largest absolute Gasteiger partial charge is 0.478 e. The van der Waals surface area contributed by atoms with E-state index in [2.05, 4.69) is 0 Å². The molecule has 0 radical (unpaired) electrons. The molecule has 7 heteroatoms. The predicted molar refractivity (Wildman–Crippen MR) is 60.5 cm³/mol. The number of hydrogen-bond donors (Lipinski definition) is 3. The van der Waals surface area contributed by atoms with Crippen molar-refractivity contribution in [2.45, 2.75) is 12.6 Å². The van der Waals surface area contributed by atoms with Crippen molar-refractivity contribution >= 4 is 17.1 Å². The molecule has 2 rings (SSSR count). The van der Waals surface area contributed by atoms with Gasteiger partial charge in [-0.2, -0.15) is 0 Å². The first-order valence-electron chi connectivity index (χ1n) is 5.18. The van der Waals surface area contributed by atoms with E-state index in [4.69, 9.17) is 14.6 Å². The molecule has 1 atom stereocenters. The molecule has 0 aliphatic heterocycles. The van der Waals surface area contributed by atoms with Gasteiger partial charge in [-0.1, -0.05) is 0 Å². The number of fused-ring (bicyclic) bond motifs is 1. The third kappa shape index (κ3) is 2.13. The van der Waals surface area contributed by atoms with Gasteiger partial charge in [-0.3, -0.25) is 4.57 Å². The Morgan fingerprint density at radius 1 is 1.44 bits per heavy atom. The highest BCUT2D eigenvalue weighted by Gasteiger charge is 2.14. The highest BCUT2D eigenvalue weighted by molar-refractivity contribution is 5.91. The highest BCUT2D eigenvalue weighted by atomic mass is 16.4. The standard InChI is InChI=1S/C11H11NO6/c13-5-7(14)4-12-8-3-6(10(15)16)1-2-9(8)18-11(12)17/h1-3,7,13-14H,4-5H2,(H,15,16). The second-order valence-corrected chi connectivity index (χ2v) is 3.80. The topological polar surface area (TPSA) is 113 Å². The number of nitrogens with zero attached hydrogens (tertiary/aromatic N) is 1. The van der Waals surface area contributed by atoms with Gasteiger partial charge in [0.1, 0.15) is 0 Å². The van der Waals surface area contributed by atoms with Gasteiger partial charge >= 0.3 is 11.7 Å². The summed E-state index contributed by atoms with van der Waals surface area (Å²) in [4.78, 5) is 22.4. The van der Waals surface area contributed by atoms with E-state index in [9.17, 15) is 14.7 Å². The van der Waals surface area contributed by atoms with Crippen molar-refractivity contribution in [3.05, 3.63) is 34.3 Å². The lowest BCUT2D eigenvalue weighted by Gasteiger charge is -2.07. The Labute approximate surface area is 101 Å². The van der Waals surface area contributed by atoms with Crippen LogP contribution in [-0.4, -0.2) is 38.6 Å². The van der Waals surface area contributed by atoms with Crippen LogP contribution in [0.5, 0.6) is 0 Å². The Kier molecular flexibility index (Phi) is 3.17. The van der Waals surface area contributed by atoms with Gasteiger partial charge in [-0.15, -0.1) is 0 Å². The molecule has 7 nitrogen and oxygen atoms in total. The van der Waals surface area contributed by atoms with Crippen LogP contribution in [0.15, 0.2) is 27.4 Å². The molecule has 0 saturated carbocycles. The number of hydrogen-bond acceptors (Lipinski definition) is 5. The van der Waals surface area contributed by atoms with Gasteiger partial charge in [0.15, 0.2) is 5.58 Å². The van der Waals surface area contributed by atoms with Gasteiger partial charge in [0.05, 0.1) is 30.3 Å². The van der Waals surface area contributed by atoms with Crippen molar-refractivity contribution in [2.24, 2.45) is 0 Å². The van der Waals surface area contributed by atoms with Crippen LogP contribution in [0, 0.1) is 0 Å². The maximum Gasteiger partial charge on any atom is 0.420 e. The number of carboxylic acids is 1. The number of aromatic nitrogens is 1. The zero-order valence-corrected chi connectivity index (χ0v) is 9.24. The Hall–Kier alpha value is -2.12. The summed E-state index contributed by atoms with van der Waals surface area (Å²) >= 11 is 0. The van der Waals surface area contributed by atoms with Crippen LogP contribution < -0.4 is 5.76 Å². The minimum absolute atomic E-state index is 0.00976. The van der Waals surface area contributed by atoms with Crippen molar-refractivity contribution < 1.29 is 24.5 Å². The van der Waals surface area contributed by atoms with E-state index >= 15 is 0 Å². The van der Waals surface area contributed by atoms with Crippen molar-refractivity contribution in [3.63, 3.8) is 0 Å². The van der Waals surface area contributed by atoms with E-state index < -0.39 is 24.4 Å². The first kappa shape index (κ1) is 12.3. The maximum atomic E-state index is 11.5. The van der Waals surface area contributed by atoms with Crippen molar-refractivity contribution in [3.8, 4) is 0 Å². The van der Waals surface area contributed by atoms with Gasteiger partial charge in [-0.05, 0) is 18.2 Å². The molecule has 0 aliphatic rings. The minimum atomic E-state index is -1.13. The fourth-order valence-corrected chi connectivity index (χ4v) is 1.64. The summed E-state index contributed by atoms with van der Waals surface area (Å²) in [5, 5.41) is 26.9. The van der Waals surface area contributed by atoms with Gasteiger partial charge < -0.3 is 19.7 Å². The Balaban J connectivity index is 2.57. The number of aliphatic hydroxyl groups excluding tert-OH is 2. The lowest BCUT2D eigenvalue weighted by atomic mass is 10.2. The van der Waals surface area contributed by atoms with Crippen LogP contribution >= 0.6 is 0 Å². The summed E-state index contributed by atoms with van der Waals surface area (Å²) in [5.41, 5.74) is 0.512. The van der Waals surface area contributed by atoms with Crippen LogP contribution in [-0.2, 0) is 6.54 Å². The van der Waals surface area contributed by atoms with Crippen LogP contribution in [0.3, 0.4) is 0 Å². The molecule has 0 saturated heterocycles. The fraction of sp³-hybridized carbons (Fsp3) is 0.273. The zero-order valence-electron chi connectivity index (χ0n) is 9.24. The summed E-state index contributed by atoms with van der Waals surface area (Å²) < 4.78 is 5.99. The van der Waals surface area contributed by atoms with E-state index in [1.807, 2.05) is 0 Å². The van der Waals surface area contributed by atoms with Gasteiger partial charge in [0.25, 0.3) is 0 Å². The molecule has 0 spiro atoms. The average molecular weight is 253 g/mol. The summed E-state index contributed by atoms with van der Waals surface area (Å²) in [6.45, 7) is -0.664. The smallest absolute Gasteiger partial charge is 0.420 e. The number of aliphatic hydroxyl groups is 2. The molecule has 1 unspecified atom stereocenters. The molecule has 1 aromatic heterocycles. The molecular weight excluding hydrogens is 242 g/mol. The summed E-state index contributed by atoms with van der Waals surface area (Å²) in [6, 6.07) is 3.98. The van der Waals surface area contributed by atoms with E-state index in [1.165, 1.54) is 18.2 Å². The Bertz CT molecular complexity index is 641. The minimum Gasteiger partial charge on any atom is -0.478 e. The molecule has 0 amide bonds. The fourth-order valence-electron chi connectivity index (χ4n) is 1.64. The molecule has 96 valence electrons. The Morgan fingerprint density at radius 3 is 2.78 bits per heavy atom. The number of rotatable bonds is 4. The molecular formula is C11H11NO6. The average Bonchev–Trinajstić information content (AvgIpc) is 2.65. The molecule has 1 heterocycles. The van der Waals surface area contributed by atoms with Crippen molar-refractivity contribution in [2.75, 3.05) is 6.61 Å². The normalized spacial score (nSPS) is 12.8. The Morgan fingerprint density at radius 2 is 2.17 bits per heavy atom. The van der Waals surface area contributed by atoms with Gasteiger partial charge in [0, 0.05) is 0 Å². The van der Waals surface area contributed by atoms with E-state index in [0.717, 1.165) is 4.57 Å². The first-order valence-corrected chi connectivity index (χ1v) is 5.18. The number of carbonyl (C=O) groups is 1. The monoisotopic (exact) mass is 253 g/mol. The van der Waals surface area contributed by atoms with Crippen molar-refractivity contribution in [1.82, 2.24) is 4.57 Å². The predicted octanol–water partition coefficient (Wildman–Crippen LogP) is -0.354. The van der Waals surface area contributed by atoms with E-state index in [-0.39, 0.29) is 23.2 Å². The summed E-state index contributed by atoms with van der Waals surface area (Å²) in [7, 11) is 0. The lowest BCUT2D eigenvalue weighted by Crippen LogP contribution is -2.25. The second-order valence-electron chi connectivity index (χ2n) is 3.80. The zero-order chi connectivity index (χ0) is 13.3. The highest BCUT2D eigenvalue weighted by Crippen LogP contribution is 2.15. The number of benzene rings is 1. The third-order valence-corrected chi connectivity index (χ3v) is 2.52. The van der Waals surface area contributed by atoms with Gasteiger partial charge in [-0.25, -0.2) is 9.59 Å². The van der Waals surface area contributed by atoms with Crippen molar-refractivity contribution in [1.29, 1.82) is 0 Å². The molecule has 0 fully saturated rings. The number of aromatic carboxylic acids is 1. The van der Waals surface area contributed by atoms with E-state index in [1.54, 1.807) is 0 Å². The molecule has 1 aromatic carbocycles. The summed E-state index contributed by atoms with van der Waals surface area (Å²) in [5.74, 6) is -1.83. The number of oxazole rings is 1. The lowest BCUT2D eigenvalue weighted by molar-refractivity contribution is 0.0697. The van der Waals surface area contributed by atoms with E-state index in [0.29, 0.717) is 0 Å². The quantitative estimate of drug-likeness (QED) is 0.686. The first-order chi connectivity index (χ1) is 8.52. The molecule has 0 bridgehead atoms.